The van der Waals surface area contributed by atoms with Crippen LogP contribution in [0.3, 0.4) is 0 Å². The molecule has 1 aromatic carbocycles. The molecule has 0 aliphatic rings. The van der Waals surface area contributed by atoms with E-state index in [0.717, 1.165) is 15.0 Å². The Bertz CT molecular complexity index is 864. The number of amides is 1. The fourth-order valence-electron chi connectivity index (χ4n) is 1.97. The number of nitrogens with zero attached hydrogens (tertiary/aromatic N) is 3. The summed E-state index contributed by atoms with van der Waals surface area (Å²) in [6.45, 7) is 4.09. The largest absolute Gasteiger partial charge is 0.296 e. The van der Waals surface area contributed by atoms with Crippen molar-refractivity contribution in [3.05, 3.63) is 53.7 Å². The minimum atomic E-state index is -0.230. The van der Waals surface area contributed by atoms with Gasteiger partial charge in [-0.3, -0.25) is 10.1 Å². The molecule has 0 aliphatic carbocycles. The SMILES string of the molecule is CCSc1nnc(NC(=O)c2cccnc2Sc2ccc(C)cc2)s1. The van der Waals surface area contributed by atoms with E-state index >= 15 is 0 Å². The highest BCUT2D eigenvalue weighted by Gasteiger charge is 2.15. The van der Waals surface area contributed by atoms with Crippen LogP contribution in [0.1, 0.15) is 22.8 Å². The van der Waals surface area contributed by atoms with Crippen molar-refractivity contribution in [3.8, 4) is 0 Å². The van der Waals surface area contributed by atoms with Crippen molar-refractivity contribution in [1.82, 2.24) is 15.2 Å². The highest BCUT2D eigenvalue weighted by Crippen LogP contribution is 2.30. The molecule has 2 aromatic heterocycles. The molecule has 0 bridgehead atoms. The zero-order valence-electron chi connectivity index (χ0n) is 13.7. The third kappa shape index (κ3) is 4.81. The molecule has 0 fully saturated rings. The molecule has 5 nitrogen and oxygen atoms in total. The Hall–Kier alpha value is -1.90. The minimum absolute atomic E-state index is 0.230. The molecule has 0 aliphatic heterocycles. The number of hydrogen-bond donors (Lipinski definition) is 1. The van der Waals surface area contributed by atoms with Gasteiger partial charge in [-0.1, -0.05) is 59.5 Å². The Labute approximate surface area is 158 Å². The summed E-state index contributed by atoms with van der Waals surface area (Å²) >= 11 is 4.44. The van der Waals surface area contributed by atoms with E-state index in [9.17, 15) is 4.79 Å². The Kier molecular flexibility index (Phi) is 6.06. The summed E-state index contributed by atoms with van der Waals surface area (Å²) in [7, 11) is 0. The van der Waals surface area contributed by atoms with Gasteiger partial charge in [-0.25, -0.2) is 4.98 Å². The van der Waals surface area contributed by atoms with Crippen LogP contribution in [0.25, 0.3) is 0 Å². The summed E-state index contributed by atoms with van der Waals surface area (Å²) < 4.78 is 0.846. The number of pyridine rings is 1. The Balaban J connectivity index is 1.76. The molecule has 128 valence electrons. The molecule has 0 unspecified atom stereocenters. The smallest absolute Gasteiger partial charge is 0.260 e. The quantitative estimate of drug-likeness (QED) is 0.485. The third-order valence-electron chi connectivity index (χ3n) is 3.15. The molecule has 0 atom stereocenters. The number of thioether (sulfide) groups is 1. The number of nitrogens with one attached hydrogen (secondary N) is 1. The maximum atomic E-state index is 12.6. The Morgan fingerprint density at radius 2 is 2.00 bits per heavy atom. The highest BCUT2D eigenvalue weighted by molar-refractivity contribution is 8.01. The second-order valence-corrected chi connectivity index (χ2v) is 8.58. The van der Waals surface area contributed by atoms with Crippen molar-refractivity contribution in [2.24, 2.45) is 0 Å². The average Bonchev–Trinajstić information content (AvgIpc) is 3.05. The van der Waals surface area contributed by atoms with Gasteiger partial charge in [0.05, 0.1) is 5.56 Å². The number of aromatic nitrogens is 3. The highest BCUT2D eigenvalue weighted by atomic mass is 32.2. The molecule has 25 heavy (non-hydrogen) atoms. The summed E-state index contributed by atoms with van der Waals surface area (Å²) in [6.07, 6.45) is 1.69. The lowest BCUT2D eigenvalue weighted by Crippen LogP contribution is -2.13. The number of benzene rings is 1. The van der Waals surface area contributed by atoms with Crippen LogP contribution in [0.4, 0.5) is 5.13 Å². The van der Waals surface area contributed by atoms with Crippen molar-refractivity contribution < 1.29 is 4.79 Å². The minimum Gasteiger partial charge on any atom is -0.296 e. The van der Waals surface area contributed by atoms with Crippen LogP contribution in [0.15, 0.2) is 56.9 Å². The summed E-state index contributed by atoms with van der Waals surface area (Å²) in [4.78, 5) is 18.0. The van der Waals surface area contributed by atoms with Gasteiger partial charge in [0, 0.05) is 11.1 Å². The van der Waals surface area contributed by atoms with E-state index in [-0.39, 0.29) is 5.91 Å². The lowest BCUT2D eigenvalue weighted by atomic mass is 10.2. The van der Waals surface area contributed by atoms with E-state index in [1.165, 1.54) is 28.7 Å². The molecule has 2 heterocycles. The van der Waals surface area contributed by atoms with Gasteiger partial charge in [0.15, 0.2) is 4.34 Å². The first-order valence-corrected chi connectivity index (χ1v) is 10.2. The predicted octanol–water partition coefficient (Wildman–Crippen LogP) is 4.76. The standard InChI is InChI=1S/C17H16N4OS3/c1-3-23-17-21-20-16(25-17)19-14(22)13-5-4-10-18-15(13)24-12-8-6-11(2)7-9-12/h4-10H,3H2,1-2H3,(H,19,20,22). The molecule has 8 heteroatoms. The molecule has 0 saturated carbocycles. The average molecular weight is 389 g/mol. The summed E-state index contributed by atoms with van der Waals surface area (Å²) in [5, 5.41) is 12.0. The van der Waals surface area contributed by atoms with Crippen LogP contribution in [0.2, 0.25) is 0 Å². The number of carbonyl (C=O) groups excluding carboxylic acids is 1. The maximum Gasteiger partial charge on any atom is 0.260 e. The second kappa shape index (κ2) is 8.46. The lowest BCUT2D eigenvalue weighted by Gasteiger charge is -2.07. The van der Waals surface area contributed by atoms with E-state index in [4.69, 9.17) is 0 Å². The van der Waals surface area contributed by atoms with Crippen LogP contribution >= 0.6 is 34.9 Å². The Morgan fingerprint density at radius 3 is 2.76 bits per heavy atom. The maximum absolute atomic E-state index is 12.6. The predicted molar refractivity (Wildman–Crippen MR) is 104 cm³/mol. The molecule has 1 N–H and O–H groups in total. The zero-order chi connectivity index (χ0) is 17.6. The molecule has 0 spiro atoms. The lowest BCUT2D eigenvalue weighted by molar-refractivity contribution is 0.102. The fraction of sp³-hybridized carbons (Fsp3) is 0.176. The summed E-state index contributed by atoms with van der Waals surface area (Å²) in [5.74, 6) is 0.689. The molecule has 3 rings (SSSR count). The van der Waals surface area contributed by atoms with Gasteiger partial charge >= 0.3 is 0 Å². The van der Waals surface area contributed by atoms with Gasteiger partial charge in [-0.05, 0) is 36.9 Å². The first-order valence-electron chi connectivity index (χ1n) is 7.63. The number of aryl methyl sites for hydroxylation is 1. The first-order chi connectivity index (χ1) is 12.2. The van der Waals surface area contributed by atoms with Crippen LogP contribution < -0.4 is 5.32 Å². The third-order valence-corrected chi connectivity index (χ3v) is 6.03. The normalized spacial score (nSPS) is 10.6. The van der Waals surface area contributed by atoms with Gasteiger partial charge < -0.3 is 0 Å². The number of anilines is 1. The van der Waals surface area contributed by atoms with Crippen molar-refractivity contribution >= 4 is 45.9 Å². The van der Waals surface area contributed by atoms with Crippen molar-refractivity contribution in [1.29, 1.82) is 0 Å². The summed E-state index contributed by atoms with van der Waals surface area (Å²) in [5.41, 5.74) is 1.72. The molecule has 1 amide bonds. The van der Waals surface area contributed by atoms with Crippen molar-refractivity contribution in [2.45, 2.75) is 28.1 Å². The van der Waals surface area contributed by atoms with E-state index in [0.29, 0.717) is 15.7 Å². The first kappa shape index (κ1) is 17.9. The molecule has 0 saturated heterocycles. The van der Waals surface area contributed by atoms with E-state index in [2.05, 4.69) is 27.4 Å². The van der Waals surface area contributed by atoms with Crippen LogP contribution in [0.5, 0.6) is 0 Å². The number of carbonyl (C=O) groups is 1. The van der Waals surface area contributed by atoms with Crippen LogP contribution in [-0.2, 0) is 0 Å². The van der Waals surface area contributed by atoms with Crippen molar-refractivity contribution in [2.75, 3.05) is 11.1 Å². The topological polar surface area (TPSA) is 67.8 Å². The number of hydrogen-bond acceptors (Lipinski definition) is 7. The molecular formula is C17H16N4OS3. The molecule has 3 aromatic rings. The van der Waals surface area contributed by atoms with Crippen LogP contribution in [-0.4, -0.2) is 26.8 Å². The monoisotopic (exact) mass is 388 g/mol. The number of rotatable bonds is 6. The van der Waals surface area contributed by atoms with Gasteiger partial charge in [0.2, 0.25) is 5.13 Å². The Morgan fingerprint density at radius 1 is 1.20 bits per heavy atom. The van der Waals surface area contributed by atoms with Crippen molar-refractivity contribution in [3.63, 3.8) is 0 Å². The van der Waals surface area contributed by atoms with E-state index in [1.54, 1.807) is 30.1 Å². The zero-order valence-corrected chi connectivity index (χ0v) is 16.2. The second-order valence-electron chi connectivity index (χ2n) is 5.03. The van der Waals surface area contributed by atoms with Crippen LogP contribution in [0, 0.1) is 6.92 Å². The van der Waals surface area contributed by atoms with E-state index < -0.39 is 0 Å². The molecule has 0 radical (unpaired) electrons. The van der Waals surface area contributed by atoms with Gasteiger partial charge in [0.25, 0.3) is 5.91 Å². The van der Waals surface area contributed by atoms with Gasteiger partial charge in [-0.15, -0.1) is 10.2 Å². The van der Waals surface area contributed by atoms with E-state index in [1.807, 2.05) is 31.2 Å². The summed E-state index contributed by atoms with van der Waals surface area (Å²) in [6, 6.07) is 11.7. The molecular weight excluding hydrogens is 372 g/mol. The van der Waals surface area contributed by atoms with Gasteiger partial charge in [0.1, 0.15) is 5.03 Å². The van der Waals surface area contributed by atoms with Gasteiger partial charge in [-0.2, -0.15) is 0 Å². The fourth-order valence-corrected chi connectivity index (χ4v) is 4.49.